The molecule has 104 valence electrons. The molecule has 6 nitrogen and oxygen atoms in total. The van der Waals surface area contributed by atoms with Crippen molar-refractivity contribution in [3.8, 4) is 0 Å². The highest BCUT2D eigenvalue weighted by molar-refractivity contribution is 9.10. The zero-order valence-electron chi connectivity index (χ0n) is 10.8. The molecule has 20 heavy (non-hydrogen) atoms. The van der Waals surface area contributed by atoms with Crippen LogP contribution in [0, 0.1) is 6.92 Å². The summed E-state index contributed by atoms with van der Waals surface area (Å²) < 4.78 is 1.04. The third-order valence-electron chi connectivity index (χ3n) is 2.70. The monoisotopic (exact) mass is 336 g/mol. The van der Waals surface area contributed by atoms with Gasteiger partial charge in [-0.05, 0) is 30.5 Å². The smallest absolute Gasteiger partial charge is 0.271 e. The molecule has 1 heterocycles. The van der Waals surface area contributed by atoms with E-state index in [1.165, 1.54) is 0 Å². The van der Waals surface area contributed by atoms with E-state index in [-0.39, 0.29) is 11.9 Å². The number of hydrogen-bond acceptors (Lipinski definition) is 4. The van der Waals surface area contributed by atoms with E-state index in [2.05, 4.69) is 36.4 Å². The van der Waals surface area contributed by atoms with E-state index in [0.717, 1.165) is 21.8 Å². The molecule has 2 rings (SSSR count). The zero-order chi connectivity index (χ0) is 14.5. The molecular weight excluding hydrogens is 324 g/mol. The van der Waals surface area contributed by atoms with Gasteiger partial charge in [-0.1, -0.05) is 28.1 Å². The summed E-state index contributed by atoms with van der Waals surface area (Å²) >= 11 is 3.43. The number of nitrogens with zero attached hydrogens (tertiary/aromatic N) is 2. The van der Waals surface area contributed by atoms with Crippen LogP contribution < -0.4 is 10.9 Å². The van der Waals surface area contributed by atoms with Gasteiger partial charge in [0.2, 0.25) is 11.9 Å². The van der Waals surface area contributed by atoms with Crippen LogP contribution >= 0.6 is 15.9 Å². The average Bonchev–Trinajstić information content (AvgIpc) is 2.40. The van der Waals surface area contributed by atoms with Crippen molar-refractivity contribution in [3.05, 3.63) is 50.3 Å². The molecule has 0 saturated carbocycles. The van der Waals surface area contributed by atoms with Gasteiger partial charge >= 0.3 is 0 Å². The van der Waals surface area contributed by atoms with E-state index in [9.17, 15) is 9.59 Å². The molecule has 0 aliphatic carbocycles. The summed E-state index contributed by atoms with van der Waals surface area (Å²) in [6, 6.07) is 5.96. The second-order valence-corrected chi connectivity index (χ2v) is 5.17. The van der Waals surface area contributed by atoms with Gasteiger partial charge < -0.3 is 0 Å². The first kappa shape index (κ1) is 14.4. The molecule has 0 spiro atoms. The molecular formula is C13H13BrN4O2. The highest BCUT2D eigenvalue weighted by atomic mass is 79.9. The van der Waals surface area contributed by atoms with Crippen molar-refractivity contribution >= 4 is 27.8 Å². The maximum absolute atomic E-state index is 11.7. The molecule has 1 aromatic carbocycles. The number of carbonyl (C=O) groups excluding carboxylic acids is 1. The number of amides is 1. The first-order valence-corrected chi connectivity index (χ1v) is 6.81. The number of benzene rings is 1. The molecule has 2 N–H and O–H groups in total. The summed E-state index contributed by atoms with van der Waals surface area (Å²) in [6.45, 7) is 2.00. The SMILES string of the molecule is Cc1cc(CCC(=O)Nc2nncc(=O)[nH]2)ccc1Br. The standard InChI is InChI=1S/C13H13BrN4O2/c1-8-6-9(2-4-10(8)14)3-5-11(19)16-13-17-12(20)7-15-18-13/h2,4,6-7H,3,5H2,1H3,(H2,16,17,18,19,20). The van der Waals surface area contributed by atoms with Gasteiger partial charge in [0.25, 0.3) is 5.56 Å². The summed E-state index contributed by atoms with van der Waals surface area (Å²) in [4.78, 5) is 25.1. The van der Waals surface area contributed by atoms with E-state index in [1.54, 1.807) is 0 Å². The van der Waals surface area contributed by atoms with Crippen molar-refractivity contribution in [2.45, 2.75) is 19.8 Å². The lowest BCUT2D eigenvalue weighted by molar-refractivity contribution is -0.116. The van der Waals surface area contributed by atoms with Crippen LogP contribution in [-0.4, -0.2) is 21.1 Å². The number of aromatic amines is 1. The third kappa shape index (κ3) is 3.99. The molecule has 0 saturated heterocycles. The predicted molar refractivity (Wildman–Crippen MR) is 78.5 cm³/mol. The molecule has 0 aliphatic heterocycles. The quantitative estimate of drug-likeness (QED) is 0.891. The lowest BCUT2D eigenvalue weighted by Gasteiger charge is -2.05. The maximum Gasteiger partial charge on any atom is 0.271 e. The van der Waals surface area contributed by atoms with Crippen LogP contribution in [0.2, 0.25) is 0 Å². The molecule has 0 aliphatic rings. The van der Waals surface area contributed by atoms with Gasteiger partial charge in [-0.25, -0.2) is 0 Å². The topological polar surface area (TPSA) is 87.7 Å². The number of aromatic nitrogens is 3. The average molecular weight is 337 g/mol. The van der Waals surface area contributed by atoms with Crippen LogP contribution in [0.5, 0.6) is 0 Å². The molecule has 0 bridgehead atoms. The third-order valence-corrected chi connectivity index (χ3v) is 3.58. The van der Waals surface area contributed by atoms with Gasteiger partial charge in [0, 0.05) is 10.9 Å². The minimum absolute atomic E-state index is 0.0643. The Balaban J connectivity index is 1.92. The highest BCUT2D eigenvalue weighted by Gasteiger charge is 2.06. The lowest BCUT2D eigenvalue weighted by atomic mass is 10.1. The molecule has 1 amide bonds. The van der Waals surface area contributed by atoms with Crippen LogP contribution in [0.3, 0.4) is 0 Å². The first-order valence-electron chi connectivity index (χ1n) is 6.01. The van der Waals surface area contributed by atoms with E-state index in [1.807, 2.05) is 25.1 Å². The van der Waals surface area contributed by atoms with E-state index < -0.39 is 5.56 Å². The molecule has 1 aromatic heterocycles. The summed E-state index contributed by atoms with van der Waals surface area (Å²) in [5.74, 6) is -0.156. The van der Waals surface area contributed by atoms with Crippen molar-refractivity contribution < 1.29 is 4.79 Å². The first-order chi connectivity index (χ1) is 9.54. The summed E-state index contributed by atoms with van der Waals surface area (Å²) in [6.07, 6.45) is 1.96. The minimum Gasteiger partial charge on any atom is -0.295 e. The van der Waals surface area contributed by atoms with Crippen molar-refractivity contribution in [2.24, 2.45) is 0 Å². The van der Waals surface area contributed by atoms with Gasteiger partial charge in [0.15, 0.2) is 0 Å². The van der Waals surface area contributed by atoms with Crippen molar-refractivity contribution in [2.75, 3.05) is 5.32 Å². The van der Waals surface area contributed by atoms with Gasteiger partial charge in [-0.15, -0.1) is 10.2 Å². The number of aryl methyl sites for hydroxylation is 2. The number of carbonyl (C=O) groups is 1. The number of nitrogens with one attached hydrogen (secondary N) is 2. The number of halogens is 1. The second kappa shape index (κ2) is 6.42. The Morgan fingerprint density at radius 1 is 1.45 bits per heavy atom. The summed E-state index contributed by atoms with van der Waals surface area (Å²) in [5, 5.41) is 9.58. The van der Waals surface area contributed by atoms with Crippen LogP contribution in [0.15, 0.2) is 33.7 Å². The zero-order valence-corrected chi connectivity index (χ0v) is 12.4. The molecule has 7 heteroatoms. The Morgan fingerprint density at radius 2 is 2.25 bits per heavy atom. The summed E-state index contributed by atoms with van der Waals surface area (Å²) in [5.41, 5.74) is 1.80. The molecule has 0 radical (unpaired) electrons. The van der Waals surface area contributed by atoms with Crippen LogP contribution in [-0.2, 0) is 11.2 Å². The Bertz CT molecular complexity index is 684. The van der Waals surface area contributed by atoms with Gasteiger partial charge in [-0.3, -0.25) is 19.9 Å². The molecule has 0 fully saturated rings. The van der Waals surface area contributed by atoms with Crippen molar-refractivity contribution in [1.29, 1.82) is 0 Å². The summed E-state index contributed by atoms with van der Waals surface area (Å²) in [7, 11) is 0. The molecule has 2 aromatic rings. The van der Waals surface area contributed by atoms with Gasteiger partial charge in [0.05, 0.1) is 0 Å². The number of anilines is 1. The Kier molecular flexibility index (Phi) is 4.62. The van der Waals surface area contributed by atoms with Crippen LogP contribution in [0.4, 0.5) is 5.95 Å². The highest BCUT2D eigenvalue weighted by Crippen LogP contribution is 2.17. The fraction of sp³-hybridized carbons (Fsp3) is 0.231. The number of H-pyrrole nitrogens is 1. The van der Waals surface area contributed by atoms with Crippen molar-refractivity contribution in [1.82, 2.24) is 15.2 Å². The second-order valence-electron chi connectivity index (χ2n) is 4.31. The van der Waals surface area contributed by atoms with E-state index >= 15 is 0 Å². The van der Waals surface area contributed by atoms with Crippen LogP contribution in [0.1, 0.15) is 17.5 Å². The van der Waals surface area contributed by atoms with Crippen molar-refractivity contribution in [3.63, 3.8) is 0 Å². The maximum atomic E-state index is 11.7. The number of rotatable bonds is 4. The van der Waals surface area contributed by atoms with Crippen LogP contribution in [0.25, 0.3) is 0 Å². The Labute approximate surface area is 123 Å². The van der Waals surface area contributed by atoms with E-state index in [4.69, 9.17) is 0 Å². The normalized spacial score (nSPS) is 10.3. The number of hydrogen-bond donors (Lipinski definition) is 2. The van der Waals surface area contributed by atoms with Gasteiger partial charge in [-0.2, -0.15) is 0 Å². The Morgan fingerprint density at radius 3 is 2.95 bits per heavy atom. The molecule has 0 unspecified atom stereocenters. The largest absolute Gasteiger partial charge is 0.295 e. The Hall–Kier alpha value is -2.02. The fourth-order valence-electron chi connectivity index (χ4n) is 1.68. The lowest BCUT2D eigenvalue weighted by Crippen LogP contribution is -2.18. The fourth-order valence-corrected chi connectivity index (χ4v) is 1.93. The van der Waals surface area contributed by atoms with Gasteiger partial charge in [0.1, 0.15) is 6.20 Å². The minimum atomic E-state index is -0.404. The predicted octanol–water partition coefficient (Wildman–Crippen LogP) is 1.81. The van der Waals surface area contributed by atoms with E-state index in [0.29, 0.717) is 12.8 Å². The molecule has 0 atom stereocenters.